The predicted octanol–water partition coefficient (Wildman–Crippen LogP) is 2.54. The van der Waals surface area contributed by atoms with Gasteiger partial charge in [-0.05, 0) is 44.2 Å². The molecule has 0 fully saturated rings. The van der Waals surface area contributed by atoms with E-state index in [9.17, 15) is 14.4 Å². The Balaban J connectivity index is 1.82. The molecule has 156 valence electrons. The van der Waals surface area contributed by atoms with Crippen LogP contribution < -0.4 is 21.4 Å². The van der Waals surface area contributed by atoms with E-state index in [1.54, 1.807) is 30.3 Å². The van der Waals surface area contributed by atoms with E-state index in [4.69, 9.17) is 17.3 Å². The van der Waals surface area contributed by atoms with Crippen molar-refractivity contribution in [3.05, 3.63) is 59.1 Å². The van der Waals surface area contributed by atoms with Crippen molar-refractivity contribution in [1.82, 2.24) is 5.32 Å². The van der Waals surface area contributed by atoms with Crippen molar-refractivity contribution in [2.75, 3.05) is 10.3 Å². The number of benzene rings is 2. The highest BCUT2D eigenvalue weighted by atomic mass is 35.5. The molecule has 0 saturated heterocycles. The molecule has 8 nitrogen and oxygen atoms in total. The Kier molecular flexibility index (Phi) is 6.37. The maximum Gasteiger partial charge on any atom is 0.272 e. The molecule has 3 amide bonds. The molecule has 1 aliphatic rings. The van der Waals surface area contributed by atoms with E-state index in [2.05, 4.69) is 15.7 Å². The lowest BCUT2D eigenvalue weighted by Gasteiger charge is -2.20. The summed E-state index contributed by atoms with van der Waals surface area (Å²) in [5.41, 5.74) is 6.92. The maximum absolute atomic E-state index is 12.8. The summed E-state index contributed by atoms with van der Waals surface area (Å²) < 4.78 is 0. The van der Waals surface area contributed by atoms with Crippen LogP contribution in [0.15, 0.2) is 53.6 Å². The van der Waals surface area contributed by atoms with Gasteiger partial charge in [0.15, 0.2) is 0 Å². The summed E-state index contributed by atoms with van der Waals surface area (Å²) in [7, 11) is 0. The van der Waals surface area contributed by atoms with Crippen LogP contribution in [-0.4, -0.2) is 35.5 Å². The fourth-order valence-corrected chi connectivity index (χ4v) is 3.15. The lowest BCUT2D eigenvalue weighted by molar-refractivity contribution is -0.119. The molecule has 0 spiro atoms. The van der Waals surface area contributed by atoms with Crippen LogP contribution in [0.3, 0.4) is 0 Å². The van der Waals surface area contributed by atoms with Gasteiger partial charge in [0.05, 0.1) is 16.4 Å². The van der Waals surface area contributed by atoms with E-state index in [0.29, 0.717) is 11.3 Å². The Morgan fingerprint density at radius 3 is 2.47 bits per heavy atom. The van der Waals surface area contributed by atoms with Crippen LogP contribution >= 0.6 is 11.6 Å². The number of hydrazone groups is 1. The van der Waals surface area contributed by atoms with Crippen LogP contribution in [0, 0.1) is 0 Å². The zero-order valence-electron chi connectivity index (χ0n) is 16.6. The Morgan fingerprint density at radius 2 is 1.83 bits per heavy atom. The minimum absolute atomic E-state index is 0.0335. The molecule has 4 N–H and O–H groups in total. The number of rotatable bonds is 6. The largest absolute Gasteiger partial charge is 0.368 e. The summed E-state index contributed by atoms with van der Waals surface area (Å²) in [6.07, 6.45) is 0.0568. The number of hydrogen-bond donors (Lipinski definition) is 3. The third-order valence-corrected chi connectivity index (χ3v) is 4.75. The lowest BCUT2D eigenvalue weighted by atomic mass is 10.1. The molecule has 0 aromatic heterocycles. The monoisotopic (exact) mass is 427 g/mol. The number of halogens is 1. The van der Waals surface area contributed by atoms with E-state index >= 15 is 0 Å². The Bertz CT molecular complexity index is 1010. The molecule has 2 aromatic carbocycles. The molecular weight excluding hydrogens is 406 g/mol. The number of nitrogens with two attached hydrogens (primary N) is 1. The Hall–Kier alpha value is -3.39. The van der Waals surface area contributed by atoms with E-state index < -0.39 is 17.9 Å². The summed E-state index contributed by atoms with van der Waals surface area (Å²) in [6, 6.07) is 12.8. The quantitative estimate of drug-likeness (QED) is 0.656. The highest BCUT2D eigenvalue weighted by Crippen LogP contribution is 2.27. The van der Waals surface area contributed by atoms with Gasteiger partial charge in [-0.2, -0.15) is 5.10 Å². The first-order chi connectivity index (χ1) is 14.3. The van der Waals surface area contributed by atoms with E-state index in [0.717, 1.165) is 0 Å². The molecule has 0 aliphatic carbocycles. The molecule has 9 heteroatoms. The summed E-state index contributed by atoms with van der Waals surface area (Å²) in [6.45, 7) is 3.70. The van der Waals surface area contributed by atoms with Crippen molar-refractivity contribution < 1.29 is 14.4 Å². The number of anilines is 2. The Labute approximate surface area is 179 Å². The third kappa shape index (κ3) is 4.77. The normalized spacial score (nSPS) is 15.7. The molecule has 1 atom stereocenters. The van der Waals surface area contributed by atoms with E-state index in [-0.39, 0.29) is 34.8 Å². The molecule has 1 aliphatic heterocycles. The summed E-state index contributed by atoms with van der Waals surface area (Å²) >= 11 is 6.19. The third-order valence-electron chi connectivity index (χ3n) is 4.42. The summed E-state index contributed by atoms with van der Waals surface area (Å²) in [5.74, 6) is -1.39. The van der Waals surface area contributed by atoms with Crippen molar-refractivity contribution in [1.29, 1.82) is 0 Å². The van der Waals surface area contributed by atoms with Crippen LogP contribution in [0.4, 0.5) is 11.4 Å². The predicted molar refractivity (Wildman–Crippen MR) is 117 cm³/mol. The van der Waals surface area contributed by atoms with Crippen LogP contribution in [0.25, 0.3) is 0 Å². The van der Waals surface area contributed by atoms with Gasteiger partial charge in [-0.1, -0.05) is 29.8 Å². The number of carbonyl (C=O) groups is 3. The minimum atomic E-state index is -0.772. The van der Waals surface area contributed by atoms with Gasteiger partial charge in [-0.3, -0.25) is 19.4 Å². The van der Waals surface area contributed by atoms with Gasteiger partial charge in [-0.15, -0.1) is 0 Å². The average molecular weight is 428 g/mol. The minimum Gasteiger partial charge on any atom is -0.368 e. The first-order valence-electron chi connectivity index (χ1n) is 9.39. The number of primary amides is 1. The van der Waals surface area contributed by atoms with Gasteiger partial charge in [0.1, 0.15) is 11.8 Å². The molecule has 0 bridgehead atoms. The molecule has 3 rings (SSSR count). The van der Waals surface area contributed by atoms with Crippen molar-refractivity contribution >= 4 is 46.4 Å². The zero-order chi connectivity index (χ0) is 21.8. The second-order valence-electron chi connectivity index (χ2n) is 7.13. The van der Waals surface area contributed by atoms with Gasteiger partial charge in [0.25, 0.3) is 11.8 Å². The molecule has 1 heterocycles. The number of para-hydroxylation sites is 1. The molecule has 2 aromatic rings. The lowest BCUT2D eigenvalue weighted by Crippen LogP contribution is -2.39. The summed E-state index contributed by atoms with van der Waals surface area (Å²) in [5, 5.41) is 11.5. The van der Waals surface area contributed by atoms with Crippen LogP contribution in [0.2, 0.25) is 5.02 Å². The van der Waals surface area contributed by atoms with Crippen molar-refractivity contribution in [3.63, 3.8) is 0 Å². The highest BCUT2D eigenvalue weighted by Gasteiger charge is 2.35. The van der Waals surface area contributed by atoms with Gasteiger partial charge >= 0.3 is 0 Å². The van der Waals surface area contributed by atoms with E-state index in [1.165, 1.54) is 17.1 Å². The first-order valence-corrected chi connectivity index (χ1v) is 9.77. The second-order valence-corrected chi connectivity index (χ2v) is 7.53. The number of carbonyl (C=O) groups excluding carboxylic acids is 3. The van der Waals surface area contributed by atoms with Gasteiger partial charge in [-0.25, -0.2) is 0 Å². The van der Waals surface area contributed by atoms with Gasteiger partial charge in [0, 0.05) is 18.0 Å². The fraction of sp³-hybridized carbons (Fsp3) is 0.238. The van der Waals surface area contributed by atoms with Crippen LogP contribution in [-0.2, 0) is 9.59 Å². The smallest absolute Gasteiger partial charge is 0.272 e. The standard InChI is InChI=1S/C21H22ClN5O3/c1-12(2)24-20(29)13-8-9-15(22)16(10-13)25-21(30)17-11-18(19(23)28)27(26-17)14-6-4-3-5-7-14/h3-10,12,18H,11H2,1-2H3,(H2,23,28)(H,24,29)(H,25,30). The number of nitrogens with one attached hydrogen (secondary N) is 2. The van der Waals surface area contributed by atoms with Gasteiger partial charge < -0.3 is 16.4 Å². The molecule has 30 heavy (non-hydrogen) atoms. The van der Waals surface area contributed by atoms with Crippen molar-refractivity contribution in [2.24, 2.45) is 10.8 Å². The second kappa shape index (κ2) is 8.96. The first kappa shape index (κ1) is 21.3. The van der Waals surface area contributed by atoms with Gasteiger partial charge in [0.2, 0.25) is 5.91 Å². The summed E-state index contributed by atoms with van der Waals surface area (Å²) in [4.78, 5) is 36.9. The number of hydrogen-bond acceptors (Lipinski definition) is 5. The average Bonchev–Trinajstić information content (AvgIpc) is 3.16. The number of amides is 3. The topological polar surface area (TPSA) is 117 Å². The SMILES string of the molecule is CC(C)NC(=O)c1ccc(Cl)c(NC(=O)C2=NN(c3ccccc3)C(C(N)=O)C2)c1. The molecular formula is C21H22ClN5O3. The number of nitrogens with zero attached hydrogens (tertiary/aromatic N) is 2. The highest BCUT2D eigenvalue weighted by molar-refractivity contribution is 6.45. The van der Waals surface area contributed by atoms with E-state index in [1.807, 2.05) is 19.9 Å². The van der Waals surface area contributed by atoms with Crippen LogP contribution in [0.1, 0.15) is 30.6 Å². The Morgan fingerprint density at radius 1 is 1.13 bits per heavy atom. The fourth-order valence-electron chi connectivity index (χ4n) is 2.99. The zero-order valence-corrected chi connectivity index (χ0v) is 17.3. The molecule has 0 radical (unpaired) electrons. The molecule has 1 unspecified atom stereocenters. The molecule has 0 saturated carbocycles. The van der Waals surface area contributed by atoms with Crippen molar-refractivity contribution in [2.45, 2.75) is 32.4 Å². The van der Waals surface area contributed by atoms with Crippen molar-refractivity contribution in [3.8, 4) is 0 Å². The van der Waals surface area contributed by atoms with Crippen LogP contribution in [0.5, 0.6) is 0 Å². The maximum atomic E-state index is 12.8.